The number of sulfonamides is 1. The van der Waals surface area contributed by atoms with Crippen LogP contribution in [-0.4, -0.2) is 36.7 Å². The Labute approximate surface area is 148 Å². The summed E-state index contributed by atoms with van der Waals surface area (Å²) in [5.41, 5.74) is 2.59. The Morgan fingerprint density at radius 1 is 1.12 bits per heavy atom. The first-order valence-electron chi connectivity index (χ1n) is 8.14. The fraction of sp³-hybridized carbons (Fsp3) is 0.333. The smallest absolute Gasteiger partial charge is 0.255 e. The Hall–Kier alpha value is -2.25. The maximum absolute atomic E-state index is 12.8. The third-order valence-corrected chi connectivity index (χ3v) is 6.20. The van der Waals surface area contributed by atoms with Gasteiger partial charge in [-0.1, -0.05) is 13.8 Å². The number of carbonyl (C=O) groups excluding carboxylic acids is 1. The quantitative estimate of drug-likeness (QED) is 0.858. The van der Waals surface area contributed by atoms with E-state index in [4.69, 9.17) is 0 Å². The second-order valence-electron chi connectivity index (χ2n) is 5.69. The summed E-state index contributed by atoms with van der Waals surface area (Å²) in [6.07, 6.45) is 3.07. The minimum atomic E-state index is -3.59. The largest absolute Gasteiger partial charge is 0.322 e. The molecule has 0 bridgehead atoms. The number of benzene rings is 1. The van der Waals surface area contributed by atoms with Crippen LogP contribution in [0.3, 0.4) is 0 Å². The fourth-order valence-electron chi connectivity index (χ4n) is 2.52. The first kappa shape index (κ1) is 19.1. The van der Waals surface area contributed by atoms with E-state index in [1.165, 1.54) is 22.8 Å². The molecule has 1 aromatic carbocycles. The molecule has 1 amide bonds. The lowest BCUT2D eigenvalue weighted by molar-refractivity contribution is 0.102. The highest BCUT2D eigenvalue weighted by Gasteiger charge is 2.23. The van der Waals surface area contributed by atoms with E-state index in [1.807, 2.05) is 13.8 Å². The van der Waals surface area contributed by atoms with E-state index in [9.17, 15) is 13.2 Å². The molecule has 0 aliphatic heterocycles. The van der Waals surface area contributed by atoms with Gasteiger partial charge in [-0.05, 0) is 49.2 Å². The van der Waals surface area contributed by atoms with Crippen molar-refractivity contribution in [3.05, 3.63) is 53.3 Å². The summed E-state index contributed by atoms with van der Waals surface area (Å²) in [4.78, 5) is 16.5. The summed E-state index contributed by atoms with van der Waals surface area (Å²) >= 11 is 0. The van der Waals surface area contributed by atoms with E-state index < -0.39 is 10.0 Å². The summed E-state index contributed by atoms with van der Waals surface area (Å²) in [5, 5.41) is 2.81. The molecule has 0 saturated carbocycles. The van der Waals surface area contributed by atoms with Gasteiger partial charge in [-0.3, -0.25) is 9.78 Å². The Balaban J connectivity index is 2.43. The van der Waals surface area contributed by atoms with Crippen molar-refractivity contribution in [2.45, 2.75) is 32.6 Å². The van der Waals surface area contributed by atoms with E-state index in [2.05, 4.69) is 10.3 Å². The van der Waals surface area contributed by atoms with Crippen LogP contribution in [0.15, 0.2) is 41.6 Å². The predicted octanol–water partition coefficient (Wildman–Crippen LogP) is 2.98. The van der Waals surface area contributed by atoms with E-state index >= 15 is 0 Å². The average molecular weight is 361 g/mol. The number of hydrogen-bond acceptors (Lipinski definition) is 4. The molecule has 0 spiro atoms. The van der Waals surface area contributed by atoms with Crippen LogP contribution in [0.25, 0.3) is 0 Å². The van der Waals surface area contributed by atoms with Crippen molar-refractivity contribution in [1.29, 1.82) is 0 Å². The first-order valence-corrected chi connectivity index (χ1v) is 9.58. The van der Waals surface area contributed by atoms with E-state index in [0.717, 1.165) is 11.1 Å². The lowest BCUT2D eigenvalue weighted by atomic mass is 10.1. The molecule has 0 aliphatic carbocycles. The second-order valence-corrected chi connectivity index (χ2v) is 7.63. The maximum Gasteiger partial charge on any atom is 0.255 e. The zero-order valence-electron chi connectivity index (χ0n) is 14.9. The lowest BCUT2D eigenvalue weighted by Crippen LogP contribution is -2.30. The van der Waals surface area contributed by atoms with Crippen LogP contribution < -0.4 is 5.32 Å². The highest BCUT2D eigenvalue weighted by molar-refractivity contribution is 7.89. The third kappa shape index (κ3) is 4.05. The number of nitrogens with one attached hydrogen (secondary N) is 1. The fourth-order valence-corrected chi connectivity index (χ4v) is 4.09. The van der Waals surface area contributed by atoms with Crippen molar-refractivity contribution in [3.8, 4) is 0 Å². The van der Waals surface area contributed by atoms with Crippen LogP contribution in [0.2, 0.25) is 0 Å². The van der Waals surface area contributed by atoms with Crippen LogP contribution in [0.1, 0.15) is 35.3 Å². The Bertz CT molecular complexity index is 861. The van der Waals surface area contributed by atoms with E-state index in [1.54, 1.807) is 32.0 Å². The highest BCUT2D eigenvalue weighted by Crippen LogP contribution is 2.26. The van der Waals surface area contributed by atoms with Crippen molar-refractivity contribution >= 4 is 21.6 Å². The second kappa shape index (κ2) is 7.76. The number of rotatable bonds is 6. The molecule has 134 valence electrons. The lowest BCUT2D eigenvalue weighted by Gasteiger charge is -2.20. The van der Waals surface area contributed by atoms with Crippen LogP contribution in [-0.2, 0) is 10.0 Å². The van der Waals surface area contributed by atoms with Gasteiger partial charge in [0.25, 0.3) is 5.91 Å². The van der Waals surface area contributed by atoms with Gasteiger partial charge >= 0.3 is 0 Å². The third-order valence-electron chi connectivity index (χ3n) is 4.17. The minimum absolute atomic E-state index is 0.185. The van der Waals surface area contributed by atoms with Crippen molar-refractivity contribution in [2.75, 3.05) is 18.4 Å². The number of carbonyl (C=O) groups is 1. The molecule has 0 aliphatic rings. The number of hydrogen-bond donors (Lipinski definition) is 1. The summed E-state index contributed by atoms with van der Waals surface area (Å²) in [5.74, 6) is -0.303. The first-order chi connectivity index (χ1) is 11.8. The van der Waals surface area contributed by atoms with Gasteiger partial charge in [0, 0.05) is 36.7 Å². The average Bonchev–Trinajstić information content (AvgIpc) is 2.60. The molecule has 7 heteroatoms. The van der Waals surface area contributed by atoms with Crippen molar-refractivity contribution < 1.29 is 13.2 Å². The number of nitrogens with zero attached hydrogens (tertiary/aromatic N) is 2. The van der Waals surface area contributed by atoms with Crippen LogP contribution >= 0.6 is 0 Å². The Morgan fingerprint density at radius 3 is 2.28 bits per heavy atom. The standard InChI is InChI=1S/C18H23N3O3S/c1-5-21(6-2)25(23,24)16-11-13(3)14(4)17(12-16)20-18(22)15-7-9-19-10-8-15/h7-12H,5-6H2,1-4H3,(H,20,22). The van der Waals surface area contributed by atoms with Crippen LogP contribution in [0.5, 0.6) is 0 Å². The zero-order chi connectivity index (χ0) is 18.6. The number of aromatic nitrogens is 1. The molecule has 6 nitrogen and oxygen atoms in total. The molecule has 0 fully saturated rings. The van der Waals surface area contributed by atoms with Gasteiger partial charge in [0.15, 0.2) is 0 Å². The Morgan fingerprint density at radius 2 is 1.72 bits per heavy atom. The minimum Gasteiger partial charge on any atom is -0.322 e. The van der Waals surface area contributed by atoms with Gasteiger partial charge < -0.3 is 5.32 Å². The zero-order valence-corrected chi connectivity index (χ0v) is 15.7. The molecular formula is C18H23N3O3S. The van der Waals surface area contributed by atoms with Crippen molar-refractivity contribution in [1.82, 2.24) is 9.29 Å². The highest BCUT2D eigenvalue weighted by atomic mass is 32.2. The molecule has 1 heterocycles. The number of amides is 1. The SMILES string of the molecule is CCN(CC)S(=O)(=O)c1cc(C)c(C)c(NC(=O)c2ccncc2)c1. The van der Waals surface area contributed by atoms with Gasteiger partial charge in [0.1, 0.15) is 0 Å². The van der Waals surface area contributed by atoms with Gasteiger partial charge in [-0.2, -0.15) is 4.31 Å². The van der Waals surface area contributed by atoms with E-state index in [-0.39, 0.29) is 10.8 Å². The predicted molar refractivity (Wildman–Crippen MR) is 98.2 cm³/mol. The monoisotopic (exact) mass is 361 g/mol. The van der Waals surface area contributed by atoms with E-state index in [0.29, 0.717) is 24.3 Å². The summed E-state index contributed by atoms with van der Waals surface area (Å²) in [6, 6.07) is 6.38. The molecule has 0 atom stereocenters. The molecule has 0 unspecified atom stereocenters. The molecule has 2 rings (SSSR count). The van der Waals surface area contributed by atoms with Crippen molar-refractivity contribution in [2.24, 2.45) is 0 Å². The van der Waals surface area contributed by atoms with Gasteiger partial charge in [-0.25, -0.2) is 8.42 Å². The number of pyridine rings is 1. The number of anilines is 1. The molecule has 1 N–H and O–H groups in total. The molecule has 25 heavy (non-hydrogen) atoms. The topological polar surface area (TPSA) is 79.4 Å². The van der Waals surface area contributed by atoms with Gasteiger partial charge in [-0.15, -0.1) is 0 Å². The van der Waals surface area contributed by atoms with Gasteiger partial charge in [0.2, 0.25) is 10.0 Å². The van der Waals surface area contributed by atoms with Gasteiger partial charge in [0.05, 0.1) is 4.90 Å². The molecule has 0 radical (unpaired) electrons. The molecule has 1 aromatic heterocycles. The summed E-state index contributed by atoms with van der Waals surface area (Å²) < 4.78 is 26.9. The number of aryl methyl sites for hydroxylation is 1. The molecular weight excluding hydrogens is 338 g/mol. The normalized spacial score (nSPS) is 11.6. The Kier molecular flexibility index (Phi) is 5.92. The van der Waals surface area contributed by atoms with Crippen molar-refractivity contribution in [3.63, 3.8) is 0 Å². The summed E-state index contributed by atoms with van der Waals surface area (Å²) in [7, 11) is -3.59. The molecule has 0 saturated heterocycles. The maximum atomic E-state index is 12.8. The summed E-state index contributed by atoms with van der Waals surface area (Å²) in [6.45, 7) is 8.07. The van der Waals surface area contributed by atoms with Crippen LogP contribution in [0.4, 0.5) is 5.69 Å². The molecule has 2 aromatic rings. The van der Waals surface area contributed by atoms with Crippen LogP contribution in [0, 0.1) is 13.8 Å².